The third-order valence-corrected chi connectivity index (χ3v) is 5.00. The number of aryl methyl sites for hydroxylation is 1. The number of hydrogen-bond donors (Lipinski definition) is 0. The second-order valence-electron chi connectivity index (χ2n) is 5.59. The Labute approximate surface area is 138 Å². The monoisotopic (exact) mass is 338 g/mol. The Kier molecular flexibility index (Phi) is 4.78. The molecule has 2 aromatic heterocycles. The highest BCUT2D eigenvalue weighted by atomic mass is 35.5. The molecule has 3 rings (SSSR count). The van der Waals surface area contributed by atoms with E-state index in [4.69, 9.17) is 11.6 Å². The number of rotatable bonds is 7. The molecule has 0 spiro atoms. The van der Waals surface area contributed by atoms with Crippen molar-refractivity contribution in [2.45, 2.75) is 31.7 Å². The molecular formula is C15H19ClN4OS. The molecule has 7 heteroatoms. The Bertz CT molecular complexity index is 650. The molecule has 0 aliphatic heterocycles. The smallest absolute Gasteiger partial charge is 0.237 e. The van der Waals surface area contributed by atoms with Crippen LogP contribution in [-0.4, -0.2) is 38.0 Å². The number of hydrogen-bond acceptors (Lipinski definition) is 4. The molecule has 22 heavy (non-hydrogen) atoms. The summed E-state index contributed by atoms with van der Waals surface area (Å²) >= 11 is 7.38. The summed E-state index contributed by atoms with van der Waals surface area (Å²) < 4.78 is 1.83. The molecule has 0 saturated heterocycles. The number of halogens is 1. The maximum absolute atomic E-state index is 12.1. The van der Waals surface area contributed by atoms with Gasteiger partial charge in [0.2, 0.25) is 5.91 Å². The number of carbonyl (C=O) groups excluding carboxylic acids is 1. The summed E-state index contributed by atoms with van der Waals surface area (Å²) in [7, 11) is 1.91. The van der Waals surface area contributed by atoms with Gasteiger partial charge in [-0.2, -0.15) is 5.10 Å². The maximum atomic E-state index is 12.1. The summed E-state index contributed by atoms with van der Waals surface area (Å²) in [6, 6.07) is 1.97. The largest absolute Gasteiger partial charge is 0.335 e. The van der Waals surface area contributed by atoms with Crippen molar-refractivity contribution in [1.29, 1.82) is 0 Å². The van der Waals surface area contributed by atoms with E-state index in [-0.39, 0.29) is 11.8 Å². The Morgan fingerprint density at radius 1 is 1.55 bits per heavy atom. The van der Waals surface area contributed by atoms with Crippen molar-refractivity contribution >= 4 is 28.8 Å². The molecular weight excluding hydrogens is 320 g/mol. The minimum atomic E-state index is -0.0491. The number of nitrogens with zero attached hydrogens (tertiary/aromatic N) is 4. The minimum absolute atomic E-state index is 0.00619. The zero-order valence-electron chi connectivity index (χ0n) is 12.5. The highest BCUT2D eigenvalue weighted by Gasteiger charge is 2.26. The molecule has 2 heterocycles. The number of thiazole rings is 1. The van der Waals surface area contributed by atoms with Crippen LogP contribution in [0.5, 0.6) is 0 Å². The fraction of sp³-hybridized carbons (Fsp3) is 0.533. The van der Waals surface area contributed by atoms with Gasteiger partial charge in [0.25, 0.3) is 0 Å². The molecule has 1 saturated carbocycles. The molecule has 0 unspecified atom stereocenters. The zero-order valence-corrected chi connectivity index (χ0v) is 14.1. The Hall–Kier alpha value is -1.40. The van der Waals surface area contributed by atoms with Crippen LogP contribution in [-0.2, 0) is 24.8 Å². The lowest BCUT2D eigenvalue weighted by atomic mass is 10.3. The van der Waals surface area contributed by atoms with Gasteiger partial charge in [0, 0.05) is 43.2 Å². The molecule has 0 bridgehead atoms. The second kappa shape index (κ2) is 6.79. The van der Waals surface area contributed by atoms with E-state index in [1.165, 1.54) is 18.5 Å². The van der Waals surface area contributed by atoms with Crippen molar-refractivity contribution in [3.8, 4) is 0 Å². The van der Waals surface area contributed by atoms with Gasteiger partial charge in [0.15, 0.2) is 0 Å². The van der Waals surface area contributed by atoms with Crippen LogP contribution in [0.15, 0.2) is 17.6 Å². The molecule has 1 fully saturated rings. The number of alkyl halides is 1. The molecule has 118 valence electrons. The normalized spacial score (nSPS) is 14.3. The van der Waals surface area contributed by atoms with Crippen molar-refractivity contribution in [2.24, 2.45) is 7.05 Å². The predicted octanol–water partition coefficient (Wildman–Crippen LogP) is 2.56. The van der Waals surface area contributed by atoms with Gasteiger partial charge < -0.3 is 4.90 Å². The summed E-state index contributed by atoms with van der Waals surface area (Å²) in [6.07, 6.45) is 5.02. The molecule has 0 N–H and O–H groups in total. The lowest BCUT2D eigenvalue weighted by Crippen LogP contribution is -2.33. The Morgan fingerprint density at radius 2 is 2.36 bits per heavy atom. The van der Waals surface area contributed by atoms with Crippen molar-refractivity contribution in [3.63, 3.8) is 0 Å². The van der Waals surface area contributed by atoms with E-state index in [0.29, 0.717) is 19.0 Å². The quantitative estimate of drug-likeness (QED) is 0.729. The van der Waals surface area contributed by atoms with Crippen LogP contribution in [0.2, 0.25) is 0 Å². The summed E-state index contributed by atoms with van der Waals surface area (Å²) in [4.78, 5) is 18.5. The standard InChI is InChI=1S/C15H19ClN4OS/c1-19-12(4-6-17-19)5-7-20(15(21)8-16)9-14-18-13(10-22-14)11-2-3-11/h4,6,10-11H,2-3,5,7-9H2,1H3. The average molecular weight is 339 g/mol. The summed E-state index contributed by atoms with van der Waals surface area (Å²) in [6.45, 7) is 1.17. The molecule has 2 aromatic rings. The van der Waals surface area contributed by atoms with Crippen molar-refractivity contribution in [2.75, 3.05) is 12.4 Å². The van der Waals surface area contributed by atoms with E-state index in [9.17, 15) is 4.79 Å². The number of aromatic nitrogens is 3. The summed E-state index contributed by atoms with van der Waals surface area (Å²) in [5, 5.41) is 7.26. The van der Waals surface area contributed by atoms with Crippen LogP contribution >= 0.6 is 22.9 Å². The fourth-order valence-corrected chi connectivity index (χ4v) is 3.46. The van der Waals surface area contributed by atoms with E-state index >= 15 is 0 Å². The van der Waals surface area contributed by atoms with Crippen molar-refractivity contribution in [1.82, 2.24) is 19.7 Å². The van der Waals surface area contributed by atoms with E-state index < -0.39 is 0 Å². The fourth-order valence-electron chi connectivity index (χ4n) is 2.40. The molecule has 5 nitrogen and oxygen atoms in total. The first-order valence-corrected chi connectivity index (χ1v) is 8.83. The van der Waals surface area contributed by atoms with Gasteiger partial charge in [0.05, 0.1) is 12.2 Å². The van der Waals surface area contributed by atoms with Gasteiger partial charge in [-0.05, 0) is 18.9 Å². The number of carbonyl (C=O) groups is 1. The van der Waals surface area contributed by atoms with E-state index in [1.807, 2.05) is 17.8 Å². The molecule has 0 radical (unpaired) electrons. The average Bonchev–Trinajstić information content (AvgIpc) is 3.14. The molecule has 0 atom stereocenters. The number of amides is 1. The van der Waals surface area contributed by atoms with Gasteiger partial charge in [0.1, 0.15) is 10.9 Å². The van der Waals surface area contributed by atoms with Crippen molar-refractivity contribution < 1.29 is 4.79 Å². The van der Waals surface area contributed by atoms with Gasteiger partial charge in [-0.25, -0.2) is 4.98 Å². The van der Waals surface area contributed by atoms with Gasteiger partial charge in [-0.15, -0.1) is 22.9 Å². The SMILES string of the molecule is Cn1nccc1CCN(Cc1nc(C2CC2)cs1)C(=O)CCl. The molecule has 1 aliphatic rings. The van der Waals surface area contributed by atoms with Crippen LogP contribution < -0.4 is 0 Å². The van der Waals surface area contributed by atoms with E-state index in [0.717, 1.165) is 17.1 Å². The molecule has 1 aliphatic carbocycles. The van der Waals surface area contributed by atoms with Crippen LogP contribution in [0.25, 0.3) is 0 Å². The second-order valence-corrected chi connectivity index (χ2v) is 6.80. The lowest BCUT2D eigenvalue weighted by molar-refractivity contribution is -0.129. The van der Waals surface area contributed by atoms with E-state index in [2.05, 4.69) is 15.5 Å². The lowest BCUT2D eigenvalue weighted by Gasteiger charge is -2.20. The zero-order chi connectivity index (χ0) is 15.5. The van der Waals surface area contributed by atoms with Crippen LogP contribution in [0.1, 0.15) is 35.2 Å². The molecule has 1 amide bonds. The minimum Gasteiger partial charge on any atom is -0.335 e. The summed E-state index contributed by atoms with van der Waals surface area (Å²) in [5.74, 6) is 0.607. The highest BCUT2D eigenvalue weighted by molar-refractivity contribution is 7.09. The third kappa shape index (κ3) is 3.67. The topological polar surface area (TPSA) is 51.0 Å². The van der Waals surface area contributed by atoms with Gasteiger partial charge >= 0.3 is 0 Å². The van der Waals surface area contributed by atoms with Crippen molar-refractivity contribution in [3.05, 3.63) is 34.0 Å². The first kappa shape index (κ1) is 15.5. The highest BCUT2D eigenvalue weighted by Crippen LogP contribution is 2.40. The van der Waals surface area contributed by atoms with Crippen LogP contribution in [0.3, 0.4) is 0 Å². The van der Waals surface area contributed by atoms with Crippen LogP contribution in [0.4, 0.5) is 0 Å². The first-order chi connectivity index (χ1) is 10.7. The Morgan fingerprint density at radius 3 is 3.00 bits per heavy atom. The first-order valence-electron chi connectivity index (χ1n) is 7.42. The predicted molar refractivity (Wildman–Crippen MR) is 87.1 cm³/mol. The summed E-state index contributed by atoms with van der Waals surface area (Å²) in [5.41, 5.74) is 2.29. The molecule has 0 aromatic carbocycles. The van der Waals surface area contributed by atoms with Gasteiger partial charge in [-0.1, -0.05) is 0 Å². The Balaban J connectivity index is 1.63. The maximum Gasteiger partial charge on any atom is 0.237 e. The third-order valence-electron chi connectivity index (χ3n) is 3.92. The van der Waals surface area contributed by atoms with Gasteiger partial charge in [-0.3, -0.25) is 9.48 Å². The van der Waals surface area contributed by atoms with E-state index in [1.54, 1.807) is 22.4 Å². The van der Waals surface area contributed by atoms with Crippen LogP contribution in [0, 0.1) is 0 Å².